The average Bonchev–Trinajstić information content (AvgIpc) is 2.35. The summed E-state index contributed by atoms with van der Waals surface area (Å²) in [6, 6.07) is 7.74. The van der Waals surface area contributed by atoms with Gasteiger partial charge in [0.15, 0.2) is 0 Å². The van der Waals surface area contributed by atoms with E-state index in [-0.39, 0.29) is 11.9 Å². The van der Waals surface area contributed by atoms with E-state index < -0.39 is 0 Å². The van der Waals surface area contributed by atoms with Gasteiger partial charge in [0.2, 0.25) is 0 Å². The molecule has 1 unspecified atom stereocenters. The van der Waals surface area contributed by atoms with E-state index in [1.807, 2.05) is 24.3 Å². The number of rotatable bonds is 6. The van der Waals surface area contributed by atoms with Crippen LogP contribution < -0.4 is 11.1 Å². The quantitative estimate of drug-likeness (QED) is 0.812. The summed E-state index contributed by atoms with van der Waals surface area (Å²) < 4.78 is 0. The van der Waals surface area contributed by atoms with Crippen molar-refractivity contribution in [3.8, 4) is 0 Å². The first kappa shape index (κ1) is 14.7. The molecule has 3 N–H and O–H groups in total. The van der Waals surface area contributed by atoms with E-state index in [2.05, 4.69) is 26.1 Å². The monoisotopic (exact) mass is 248 g/mol. The van der Waals surface area contributed by atoms with Crippen molar-refractivity contribution in [3.05, 3.63) is 35.4 Å². The Morgan fingerprint density at radius 2 is 1.89 bits per heavy atom. The Morgan fingerprint density at radius 3 is 2.39 bits per heavy atom. The van der Waals surface area contributed by atoms with Gasteiger partial charge in [-0.25, -0.2) is 0 Å². The predicted octanol–water partition coefficient (Wildman–Crippen LogP) is 2.35. The number of hydrogen-bond acceptors (Lipinski definition) is 2. The van der Waals surface area contributed by atoms with Crippen molar-refractivity contribution in [3.63, 3.8) is 0 Å². The maximum atomic E-state index is 11.9. The van der Waals surface area contributed by atoms with Crippen LogP contribution in [0.15, 0.2) is 24.3 Å². The molecule has 1 aromatic rings. The van der Waals surface area contributed by atoms with Crippen molar-refractivity contribution in [2.24, 2.45) is 11.7 Å². The number of carbonyl (C=O) groups excluding carboxylic acids is 1. The Morgan fingerprint density at radius 1 is 1.28 bits per heavy atom. The summed E-state index contributed by atoms with van der Waals surface area (Å²) >= 11 is 0. The van der Waals surface area contributed by atoms with Crippen molar-refractivity contribution in [2.45, 2.75) is 39.7 Å². The standard InChI is InChI=1S/C15H24N2O/c1-4-12-5-7-13(8-6-12)15(18)17-10-14(16)9-11(2)3/h5-8,11,14H,4,9-10,16H2,1-3H3,(H,17,18). The summed E-state index contributed by atoms with van der Waals surface area (Å²) in [6.45, 7) is 6.89. The lowest BCUT2D eigenvalue weighted by atomic mass is 10.0. The fraction of sp³-hybridized carbons (Fsp3) is 0.533. The Kier molecular flexibility index (Phi) is 5.86. The fourth-order valence-electron chi connectivity index (χ4n) is 1.91. The summed E-state index contributed by atoms with van der Waals surface area (Å²) in [7, 11) is 0. The molecule has 0 spiro atoms. The first-order chi connectivity index (χ1) is 8.52. The highest BCUT2D eigenvalue weighted by Crippen LogP contribution is 2.05. The first-order valence-electron chi connectivity index (χ1n) is 6.65. The molecule has 0 saturated carbocycles. The zero-order valence-corrected chi connectivity index (χ0v) is 11.6. The number of nitrogens with one attached hydrogen (secondary N) is 1. The summed E-state index contributed by atoms with van der Waals surface area (Å²) in [5.41, 5.74) is 7.87. The normalized spacial score (nSPS) is 12.5. The zero-order chi connectivity index (χ0) is 13.5. The fourth-order valence-corrected chi connectivity index (χ4v) is 1.91. The summed E-state index contributed by atoms with van der Waals surface area (Å²) in [4.78, 5) is 11.9. The van der Waals surface area contributed by atoms with E-state index in [1.54, 1.807) is 0 Å². The molecular weight excluding hydrogens is 224 g/mol. The Labute approximate surface area is 110 Å². The molecule has 0 fully saturated rings. The van der Waals surface area contributed by atoms with Crippen LogP contribution in [0.4, 0.5) is 0 Å². The largest absolute Gasteiger partial charge is 0.350 e. The van der Waals surface area contributed by atoms with Gasteiger partial charge in [-0.3, -0.25) is 4.79 Å². The van der Waals surface area contributed by atoms with Crippen LogP contribution in [0.5, 0.6) is 0 Å². The molecule has 1 aromatic carbocycles. The second-order valence-corrected chi connectivity index (χ2v) is 5.15. The average molecular weight is 248 g/mol. The van der Waals surface area contributed by atoms with Crippen molar-refractivity contribution < 1.29 is 4.79 Å². The molecule has 100 valence electrons. The van der Waals surface area contributed by atoms with Crippen LogP contribution in [0.1, 0.15) is 43.1 Å². The van der Waals surface area contributed by atoms with Gasteiger partial charge in [-0.05, 0) is 36.5 Å². The summed E-state index contributed by atoms with van der Waals surface area (Å²) in [6.07, 6.45) is 1.91. The van der Waals surface area contributed by atoms with E-state index in [4.69, 9.17) is 5.73 Å². The van der Waals surface area contributed by atoms with Crippen molar-refractivity contribution in [1.29, 1.82) is 0 Å². The van der Waals surface area contributed by atoms with Crippen LogP contribution in [0.3, 0.4) is 0 Å². The number of hydrogen-bond donors (Lipinski definition) is 2. The van der Waals surface area contributed by atoms with E-state index >= 15 is 0 Å². The van der Waals surface area contributed by atoms with Gasteiger partial charge in [0.05, 0.1) is 0 Å². The number of nitrogens with two attached hydrogens (primary N) is 1. The van der Waals surface area contributed by atoms with E-state index in [0.29, 0.717) is 18.0 Å². The van der Waals surface area contributed by atoms with Crippen LogP contribution in [0.2, 0.25) is 0 Å². The first-order valence-corrected chi connectivity index (χ1v) is 6.65. The van der Waals surface area contributed by atoms with Gasteiger partial charge in [-0.15, -0.1) is 0 Å². The lowest BCUT2D eigenvalue weighted by Crippen LogP contribution is -2.38. The molecule has 1 rings (SSSR count). The molecule has 3 heteroatoms. The van der Waals surface area contributed by atoms with E-state index in [0.717, 1.165) is 12.8 Å². The van der Waals surface area contributed by atoms with Crippen LogP contribution in [0.25, 0.3) is 0 Å². The summed E-state index contributed by atoms with van der Waals surface area (Å²) in [5.74, 6) is 0.512. The topological polar surface area (TPSA) is 55.1 Å². The van der Waals surface area contributed by atoms with Crippen LogP contribution in [-0.4, -0.2) is 18.5 Å². The Hall–Kier alpha value is -1.35. The molecule has 1 amide bonds. The highest BCUT2D eigenvalue weighted by Gasteiger charge is 2.09. The highest BCUT2D eigenvalue weighted by atomic mass is 16.1. The molecule has 0 bridgehead atoms. The van der Waals surface area contributed by atoms with Crippen LogP contribution >= 0.6 is 0 Å². The van der Waals surface area contributed by atoms with E-state index in [1.165, 1.54) is 5.56 Å². The van der Waals surface area contributed by atoms with Gasteiger partial charge in [-0.1, -0.05) is 32.9 Å². The van der Waals surface area contributed by atoms with Crippen molar-refractivity contribution in [2.75, 3.05) is 6.54 Å². The summed E-state index contributed by atoms with van der Waals surface area (Å²) in [5, 5.41) is 2.88. The van der Waals surface area contributed by atoms with Gasteiger partial charge in [0.1, 0.15) is 0 Å². The number of benzene rings is 1. The zero-order valence-electron chi connectivity index (χ0n) is 11.6. The third-order valence-electron chi connectivity index (χ3n) is 2.92. The molecule has 18 heavy (non-hydrogen) atoms. The number of carbonyl (C=O) groups is 1. The molecule has 0 heterocycles. The Bertz CT molecular complexity index is 371. The van der Waals surface area contributed by atoms with Gasteiger partial charge in [-0.2, -0.15) is 0 Å². The lowest BCUT2D eigenvalue weighted by molar-refractivity contribution is 0.0950. The minimum absolute atomic E-state index is 0.0314. The molecule has 3 nitrogen and oxygen atoms in total. The maximum Gasteiger partial charge on any atom is 0.251 e. The van der Waals surface area contributed by atoms with Gasteiger partial charge in [0.25, 0.3) is 5.91 Å². The van der Waals surface area contributed by atoms with Crippen LogP contribution in [0, 0.1) is 5.92 Å². The molecule has 0 radical (unpaired) electrons. The second kappa shape index (κ2) is 7.17. The Balaban J connectivity index is 2.44. The van der Waals surface area contributed by atoms with Crippen LogP contribution in [-0.2, 0) is 6.42 Å². The molecule has 1 atom stereocenters. The smallest absolute Gasteiger partial charge is 0.251 e. The molecular formula is C15H24N2O. The molecule has 0 aliphatic heterocycles. The SMILES string of the molecule is CCc1ccc(C(=O)NCC(N)CC(C)C)cc1. The molecule has 0 aromatic heterocycles. The second-order valence-electron chi connectivity index (χ2n) is 5.15. The minimum atomic E-state index is -0.0446. The third kappa shape index (κ3) is 4.88. The predicted molar refractivity (Wildman–Crippen MR) is 75.6 cm³/mol. The molecule has 0 aliphatic rings. The number of amides is 1. The molecule has 0 aliphatic carbocycles. The molecule has 0 saturated heterocycles. The van der Waals surface area contributed by atoms with Gasteiger partial charge in [0, 0.05) is 18.2 Å². The minimum Gasteiger partial charge on any atom is -0.350 e. The van der Waals surface area contributed by atoms with Gasteiger partial charge >= 0.3 is 0 Å². The highest BCUT2D eigenvalue weighted by molar-refractivity contribution is 5.94. The lowest BCUT2D eigenvalue weighted by Gasteiger charge is -2.14. The number of aryl methyl sites for hydroxylation is 1. The van der Waals surface area contributed by atoms with E-state index in [9.17, 15) is 4.79 Å². The third-order valence-corrected chi connectivity index (χ3v) is 2.92. The maximum absolute atomic E-state index is 11.9. The van der Waals surface area contributed by atoms with Gasteiger partial charge < -0.3 is 11.1 Å². The van der Waals surface area contributed by atoms with Crippen molar-refractivity contribution >= 4 is 5.91 Å². The van der Waals surface area contributed by atoms with Crippen molar-refractivity contribution in [1.82, 2.24) is 5.32 Å².